The zero-order chi connectivity index (χ0) is 15.6. The van der Waals surface area contributed by atoms with Gasteiger partial charge in [-0.3, -0.25) is 9.59 Å². The van der Waals surface area contributed by atoms with E-state index in [0.717, 1.165) is 12.1 Å². The molecule has 0 spiro atoms. The Morgan fingerprint density at radius 3 is 2.48 bits per heavy atom. The average Bonchev–Trinajstić information content (AvgIpc) is 2.40. The smallest absolute Gasteiger partial charge is 0.243 e. The van der Waals surface area contributed by atoms with E-state index in [2.05, 4.69) is 5.32 Å². The van der Waals surface area contributed by atoms with Crippen LogP contribution in [-0.4, -0.2) is 29.3 Å². The second-order valence-electron chi connectivity index (χ2n) is 5.59. The number of amides is 2. The number of nitrogens with zero attached hydrogens (tertiary/aromatic N) is 1. The first-order valence-corrected chi connectivity index (χ1v) is 6.90. The highest BCUT2D eigenvalue weighted by Gasteiger charge is 2.35. The second-order valence-corrected chi connectivity index (χ2v) is 5.59. The van der Waals surface area contributed by atoms with Gasteiger partial charge in [-0.15, -0.1) is 0 Å². The Morgan fingerprint density at radius 2 is 1.90 bits per heavy atom. The van der Waals surface area contributed by atoms with Crippen molar-refractivity contribution in [2.45, 2.75) is 32.9 Å². The molecule has 1 unspecified atom stereocenters. The molecule has 6 heteroatoms. The molecule has 0 aliphatic carbocycles. The maximum atomic E-state index is 13.7. The van der Waals surface area contributed by atoms with Gasteiger partial charge in [0.15, 0.2) is 0 Å². The van der Waals surface area contributed by atoms with Crippen LogP contribution in [0.25, 0.3) is 0 Å². The molecule has 1 saturated heterocycles. The molecule has 1 aliphatic rings. The van der Waals surface area contributed by atoms with Crippen LogP contribution in [0.3, 0.4) is 0 Å². The number of carbonyl (C=O) groups excluding carboxylic acids is 2. The van der Waals surface area contributed by atoms with Crippen LogP contribution < -0.4 is 5.32 Å². The van der Waals surface area contributed by atoms with E-state index in [9.17, 15) is 18.4 Å². The Bertz CT molecular complexity index is 540. The first kappa shape index (κ1) is 15.4. The van der Waals surface area contributed by atoms with Crippen LogP contribution in [0.2, 0.25) is 0 Å². The number of hydrogen-bond donors (Lipinski definition) is 1. The normalized spacial score (nSPS) is 19.1. The summed E-state index contributed by atoms with van der Waals surface area (Å²) in [5, 5.41) is 2.51. The average molecular weight is 296 g/mol. The van der Waals surface area contributed by atoms with Gasteiger partial charge in [0.25, 0.3) is 0 Å². The summed E-state index contributed by atoms with van der Waals surface area (Å²) in [5.74, 6) is -1.85. The maximum absolute atomic E-state index is 13.7. The van der Waals surface area contributed by atoms with E-state index < -0.39 is 17.7 Å². The van der Waals surface area contributed by atoms with Gasteiger partial charge < -0.3 is 10.2 Å². The standard InChI is InChI=1S/C15H18F2N2O2/c1-9(2)6-13-15(21)18-7-14(20)19(13)8-10-11(16)4-3-5-12(10)17/h3-5,9,13H,6-8H2,1-2H3,(H,18,21). The Hall–Kier alpha value is -1.98. The third kappa shape index (κ3) is 3.37. The highest BCUT2D eigenvalue weighted by Crippen LogP contribution is 2.21. The lowest BCUT2D eigenvalue weighted by Gasteiger charge is -2.36. The molecule has 2 rings (SSSR count). The monoisotopic (exact) mass is 296 g/mol. The lowest BCUT2D eigenvalue weighted by molar-refractivity contribution is -0.147. The molecule has 1 aromatic rings. The quantitative estimate of drug-likeness (QED) is 0.921. The van der Waals surface area contributed by atoms with Crippen molar-refractivity contribution in [3.63, 3.8) is 0 Å². The lowest BCUT2D eigenvalue weighted by Crippen LogP contribution is -2.58. The van der Waals surface area contributed by atoms with E-state index in [1.54, 1.807) is 0 Å². The van der Waals surface area contributed by atoms with E-state index >= 15 is 0 Å². The van der Waals surface area contributed by atoms with Crippen molar-refractivity contribution in [1.82, 2.24) is 10.2 Å². The molecular formula is C15H18F2N2O2. The van der Waals surface area contributed by atoms with E-state index in [1.807, 2.05) is 13.8 Å². The molecule has 1 fully saturated rings. The third-order valence-electron chi connectivity index (χ3n) is 3.50. The highest BCUT2D eigenvalue weighted by molar-refractivity contribution is 5.94. The van der Waals surface area contributed by atoms with Gasteiger partial charge in [-0.25, -0.2) is 8.78 Å². The molecule has 1 N–H and O–H groups in total. The molecule has 0 aromatic heterocycles. The maximum Gasteiger partial charge on any atom is 0.243 e. The summed E-state index contributed by atoms with van der Waals surface area (Å²) in [7, 11) is 0. The Morgan fingerprint density at radius 1 is 1.29 bits per heavy atom. The van der Waals surface area contributed by atoms with Gasteiger partial charge in [-0.1, -0.05) is 19.9 Å². The number of rotatable bonds is 4. The summed E-state index contributed by atoms with van der Waals surface area (Å²) in [6.45, 7) is 3.48. The van der Waals surface area contributed by atoms with Crippen molar-refractivity contribution >= 4 is 11.8 Å². The lowest BCUT2D eigenvalue weighted by atomic mass is 9.99. The zero-order valence-electron chi connectivity index (χ0n) is 12.0. The van der Waals surface area contributed by atoms with E-state index in [0.29, 0.717) is 6.42 Å². The fourth-order valence-corrected chi connectivity index (χ4v) is 2.43. The molecule has 2 amide bonds. The summed E-state index contributed by atoms with van der Waals surface area (Å²) >= 11 is 0. The van der Waals surface area contributed by atoms with Gasteiger partial charge in [0.2, 0.25) is 11.8 Å². The van der Waals surface area contributed by atoms with Crippen molar-refractivity contribution in [2.24, 2.45) is 5.92 Å². The van der Waals surface area contributed by atoms with Crippen molar-refractivity contribution in [3.05, 3.63) is 35.4 Å². The van der Waals surface area contributed by atoms with E-state index in [-0.39, 0.29) is 36.4 Å². The van der Waals surface area contributed by atoms with Crippen molar-refractivity contribution in [3.8, 4) is 0 Å². The van der Waals surface area contributed by atoms with Gasteiger partial charge in [0.1, 0.15) is 17.7 Å². The number of benzene rings is 1. The van der Waals surface area contributed by atoms with Gasteiger partial charge in [0, 0.05) is 5.56 Å². The number of piperazine rings is 1. The Labute approximate surface area is 122 Å². The Balaban J connectivity index is 2.29. The largest absolute Gasteiger partial charge is 0.345 e. The molecule has 4 nitrogen and oxygen atoms in total. The SMILES string of the molecule is CC(C)CC1C(=O)NCC(=O)N1Cc1c(F)cccc1F. The van der Waals surface area contributed by atoms with Gasteiger partial charge >= 0.3 is 0 Å². The Kier molecular flexibility index (Phi) is 4.55. The molecule has 0 radical (unpaired) electrons. The minimum absolute atomic E-state index is 0.135. The fourth-order valence-electron chi connectivity index (χ4n) is 2.43. The van der Waals surface area contributed by atoms with Crippen LogP contribution >= 0.6 is 0 Å². The van der Waals surface area contributed by atoms with Crippen molar-refractivity contribution < 1.29 is 18.4 Å². The minimum Gasteiger partial charge on any atom is -0.345 e. The first-order chi connectivity index (χ1) is 9.90. The number of halogens is 2. The van der Waals surface area contributed by atoms with Crippen molar-refractivity contribution in [2.75, 3.05) is 6.54 Å². The van der Waals surface area contributed by atoms with Crippen LogP contribution in [0.15, 0.2) is 18.2 Å². The van der Waals surface area contributed by atoms with Gasteiger partial charge in [0.05, 0.1) is 13.1 Å². The van der Waals surface area contributed by atoms with Crippen LogP contribution in [0.1, 0.15) is 25.8 Å². The topological polar surface area (TPSA) is 49.4 Å². The summed E-state index contributed by atoms with van der Waals surface area (Å²) in [4.78, 5) is 25.2. The molecular weight excluding hydrogens is 278 g/mol. The van der Waals surface area contributed by atoms with Crippen LogP contribution in [0, 0.1) is 17.6 Å². The number of carbonyl (C=O) groups is 2. The van der Waals surface area contributed by atoms with Crippen LogP contribution in [0.5, 0.6) is 0 Å². The van der Waals surface area contributed by atoms with E-state index in [4.69, 9.17) is 0 Å². The molecule has 114 valence electrons. The summed E-state index contributed by atoms with van der Waals surface area (Å²) < 4.78 is 27.5. The highest BCUT2D eigenvalue weighted by atomic mass is 19.1. The van der Waals surface area contributed by atoms with Crippen molar-refractivity contribution in [1.29, 1.82) is 0 Å². The predicted molar refractivity (Wildman–Crippen MR) is 73.2 cm³/mol. The molecule has 1 atom stereocenters. The van der Waals surface area contributed by atoms with E-state index in [1.165, 1.54) is 11.0 Å². The van der Waals surface area contributed by atoms with Gasteiger partial charge in [-0.2, -0.15) is 0 Å². The second kappa shape index (κ2) is 6.20. The predicted octanol–water partition coefficient (Wildman–Crippen LogP) is 1.84. The number of nitrogens with one attached hydrogen (secondary N) is 1. The number of hydrogen-bond acceptors (Lipinski definition) is 2. The summed E-state index contributed by atoms with van der Waals surface area (Å²) in [6, 6.07) is 2.87. The van der Waals surface area contributed by atoms with Crippen LogP contribution in [-0.2, 0) is 16.1 Å². The zero-order valence-corrected chi connectivity index (χ0v) is 12.0. The molecule has 0 saturated carbocycles. The van der Waals surface area contributed by atoms with Gasteiger partial charge in [-0.05, 0) is 24.5 Å². The van der Waals surface area contributed by atoms with Crippen LogP contribution in [0.4, 0.5) is 8.78 Å². The molecule has 21 heavy (non-hydrogen) atoms. The minimum atomic E-state index is -0.711. The third-order valence-corrected chi connectivity index (χ3v) is 3.50. The fraction of sp³-hybridized carbons (Fsp3) is 0.467. The molecule has 1 aliphatic heterocycles. The molecule has 0 bridgehead atoms. The summed E-state index contributed by atoms with van der Waals surface area (Å²) in [6.07, 6.45) is 0.452. The first-order valence-electron chi connectivity index (χ1n) is 6.90. The molecule has 1 heterocycles. The molecule has 1 aromatic carbocycles. The summed E-state index contributed by atoms with van der Waals surface area (Å²) in [5.41, 5.74) is -0.186.